The number of rotatable bonds is 2. The van der Waals surface area contributed by atoms with Crippen LogP contribution in [-0.2, 0) is 0 Å². The van der Waals surface area contributed by atoms with Gasteiger partial charge in [0.05, 0.1) is 5.57 Å². The van der Waals surface area contributed by atoms with E-state index in [1.54, 1.807) is 30.3 Å². The highest BCUT2D eigenvalue weighted by Crippen LogP contribution is 2.34. The number of carbonyl (C=O) groups is 1. The van der Waals surface area contributed by atoms with Gasteiger partial charge in [-0.2, -0.15) is 0 Å². The van der Waals surface area contributed by atoms with Gasteiger partial charge >= 0.3 is 0 Å². The molecular formula is C15H15FO. The summed E-state index contributed by atoms with van der Waals surface area (Å²) in [6.45, 7) is 3.90. The Morgan fingerprint density at radius 3 is 2.47 bits per heavy atom. The van der Waals surface area contributed by atoms with Gasteiger partial charge in [0.1, 0.15) is 5.83 Å². The highest BCUT2D eigenvalue weighted by Gasteiger charge is 2.26. The second-order valence-electron chi connectivity index (χ2n) is 5.01. The summed E-state index contributed by atoms with van der Waals surface area (Å²) in [5.74, 6) is -0.554. The smallest absolute Gasteiger partial charge is 0.195 e. The molecule has 1 aromatic rings. The first-order chi connectivity index (χ1) is 7.99. The molecule has 1 nitrogen and oxygen atoms in total. The van der Waals surface area contributed by atoms with E-state index in [1.165, 1.54) is 0 Å². The zero-order valence-electron chi connectivity index (χ0n) is 10.0. The Hall–Kier alpha value is -1.70. The van der Waals surface area contributed by atoms with Crippen molar-refractivity contribution in [2.24, 2.45) is 5.41 Å². The predicted octanol–water partition coefficient (Wildman–Crippen LogP) is 4.08. The largest absolute Gasteiger partial charge is 0.289 e. The summed E-state index contributed by atoms with van der Waals surface area (Å²) < 4.78 is 13.9. The van der Waals surface area contributed by atoms with Crippen molar-refractivity contribution >= 4 is 5.78 Å². The number of benzene rings is 1. The summed E-state index contributed by atoms with van der Waals surface area (Å²) in [5.41, 5.74) is 0.516. The van der Waals surface area contributed by atoms with Gasteiger partial charge in [0.15, 0.2) is 5.78 Å². The first-order valence-electron chi connectivity index (χ1n) is 5.67. The van der Waals surface area contributed by atoms with Crippen LogP contribution < -0.4 is 0 Å². The third kappa shape index (κ3) is 2.52. The molecule has 0 amide bonds. The lowest BCUT2D eigenvalue weighted by atomic mass is 9.82. The second-order valence-corrected chi connectivity index (χ2v) is 5.01. The molecule has 0 saturated carbocycles. The fourth-order valence-corrected chi connectivity index (χ4v) is 1.90. The fourth-order valence-electron chi connectivity index (χ4n) is 1.90. The van der Waals surface area contributed by atoms with Gasteiger partial charge in [-0.15, -0.1) is 0 Å². The van der Waals surface area contributed by atoms with E-state index in [0.29, 0.717) is 5.56 Å². The molecule has 0 saturated heterocycles. The Bertz CT molecular complexity index is 495. The molecule has 0 fully saturated rings. The Labute approximate surface area is 101 Å². The van der Waals surface area contributed by atoms with Crippen molar-refractivity contribution in [2.45, 2.75) is 20.3 Å². The minimum Gasteiger partial charge on any atom is -0.289 e. The fraction of sp³-hybridized carbons (Fsp3) is 0.267. The number of hydrogen-bond donors (Lipinski definition) is 0. The van der Waals surface area contributed by atoms with Crippen LogP contribution in [0.5, 0.6) is 0 Å². The molecule has 0 heterocycles. The zero-order chi connectivity index (χ0) is 12.5. The molecule has 0 unspecified atom stereocenters. The van der Waals surface area contributed by atoms with E-state index in [1.807, 2.05) is 26.0 Å². The summed E-state index contributed by atoms with van der Waals surface area (Å²) in [5, 5.41) is 0. The quantitative estimate of drug-likeness (QED) is 0.700. The lowest BCUT2D eigenvalue weighted by Gasteiger charge is -2.23. The minimum atomic E-state index is -0.314. The summed E-state index contributed by atoms with van der Waals surface area (Å²) >= 11 is 0. The third-order valence-electron chi connectivity index (χ3n) is 2.88. The van der Waals surface area contributed by atoms with E-state index in [9.17, 15) is 9.18 Å². The summed E-state index contributed by atoms with van der Waals surface area (Å²) in [4.78, 5) is 12.1. The van der Waals surface area contributed by atoms with Gasteiger partial charge in [-0.3, -0.25) is 4.79 Å². The van der Waals surface area contributed by atoms with Crippen LogP contribution in [0.15, 0.2) is 53.9 Å². The molecule has 1 aromatic carbocycles. The van der Waals surface area contributed by atoms with Crippen molar-refractivity contribution in [2.75, 3.05) is 0 Å². The van der Waals surface area contributed by atoms with E-state index < -0.39 is 0 Å². The molecular weight excluding hydrogens is 215 g/mol. The zero-order valence-corrected chi connectivity index (χ0v) is 10.0. The Morgan fingerprint density at radius 2 is 1.88 bits per heavy atom. The number of hydrogen-bond acceptors (Lipinski definition) is 1. The Kier molecular flexibility index (Phi) is 2.97. The van der Waals surface area contributed by atoms with Gasteiger partial charge in [-0.05, 0) is 5.41 Å². The highest BCUT2D eigenvalue weighted by atomic mass is 19.1. The molecule has 0 spiro atoms. The molecule has 2 rings (SSSR count). The van der Waals surface area contributed by atoms with Crippen LogP contribution in [0.1, 0.15) is 30.6 Å². The van der Waals surface area contributed by atoms with Gasteiger partial charge < -0.3 is 0 Å². The van der Waals surface area contributed by atoms with Crippen molar-refractivity contribution in [1.29, 1.82) is 0 Å². The first-order valence-corrected chi connectivity index (χ1v) is 5.67. The molecule has 1 aliphatic rings. The number of Topliss-reactive ketones (excluding diaryl/α,β-unsaturated/α-hetero) is 1. The number of halogens is 1. The van der Waals surface area contributed by atoms with Crippen molar-refractivity contribution in [3.8, 4) is 0 Å². The molecule has 0 aromatic heterocycles. The molecule has 1 aliphatic carbocycles. The van der Waals surface area contributed by atoms with Gasteiger partial charge in [0.2, 0.25) is 0 Å². The average molecular weight is 230 g/mol. The molecule has 2 heteroatoms. The van der Waals surface area contributed by atoms with Crippen LogP contribution in [0.4, 0.5) is 4.39 Å². The van der Waals surface area contributed by atoms with Crippen molar-refractivity contribution in [3.63, 3.8) is 0 Å². The minimum absolute atomic E-state index is 0.190. The summed E-state index contributed by atoms with van der Waals surface area (Å²) in [7, 11) is 0. The maximum atomic E-state index is 13.9. The topological polar surface area (TPSA) is 17.1 Å². The monoisotopic (exact) mass is 230 g/mol. The molecule has 0 radical (unpaired) electrons. The van der Waals surface area contributed by atoms with E-state index >= 15 is 0 Å². The second kappa shape index (κ2) is 4.28. The van der Waals surface area contributed by atoms with Gasteiger partial charge in [0.25, 0.3) is 0 Å². The van der Waals surface area contributed by atoms with E-state index in [4.69, 9.17) is 0 Å². The maximum Gasteiger partial charge on any atom is 0.195 e. The lowest BCUT2D eigenvalue weighted by Crippen LogP contribution is -2.15. The molecule has 88 valence electrons. The van der Waals surface area contributed by atoms with Crippen LogP contribution in [-0.4, -0.2) is 5.78 Å². The number of allylic oxidation sites excluding steroid dienone is 4. The van der Waals surface area contributed by atoms with Crippen molar-refractivity contribution in [3.05, 3.63) is 59.4 Å². The van der Waals surface area contributed by atoms with Crippen LogP contribution >= 0.6 is 0 Å². The van der Waals surface area contributed by atoms with Crippen LogP contribution in [0.3, 0.4) is 0 Å². The van der Waals surface area contributed by atoms with Crippen LogP contribution in [0.25, 0.3) is 0 Å². The number of carbonyl (C=O) groups excluding carboxylic acids is 1. The third-order valence-corrected chi connectivity index (χ3v) is 2.88. The summed E-state index contributed by atoms with van der Waals surface area (Å²) in [6.07, 6.45) is 3.79. The van der Waals surface area contributed by atoms with Crippen LogP contribution in [0, 0.1) is 5.41 Å². The van der Waals surface area contributed by atoms with Crippen molar-refractivity contribution < 1.29 is 9.18 Å². The van der Waals surface area contributed by atoms with Gasteiger partial charge in [-0.1, -0.05) is 56.3 Å². The molecule has 0 bridgehead atoms. The molecule has 0 N–H and O–H groups in total. The van der Waals surface area contributed by atoms with E-state index in [-0.39, 0.29) is 29.0 Å². The normalized spacial score (nSPS) is 18.3. The molecule has 17 heavy (non-hydrogen) atoms. The van der Waals surface area contributed by atoms with E-state index in [0.717, 1.165) is 0 Å². The predicted molar refractivity (Wildman–Crippen MR) is 66.4 cm³/mol. The summed E-state index contributed by atoms with van der Waals surface area (Å²) in [6, 6.07) is 8.80. The Balaban J connectivity index is 2.31. The number of ketones is 1. The lowest BCUT2D eigenvalue weighted by molar-refractivity contribution is 0.103. The standard InChI is InChI=1S/C15H15FO/c1-15(2)9-8-12(13(16)10-15)14(17)11-6-4-3-5-7-11/h3-9H,10H2,1-2H3. The maximum absolute atomic E-state index is 13.9. The molecule has 0 aliphatic heterocycles. The van der Waals surface area contributed by atoms with Crippen LogP contribution in [0.2, 0.25) is 0 Å². The average Bonchev–Trinajstić information content (AvgIpc) is 2.28. The molecule has 0 atom stereocenters. The Morgan fingerprint density at radius 1 is 1.24 bits per heavy atom. The first kappa shape index (κ1) is 11.8. The van der Waals surface area contributed by atoms with Gasteiger partial charge in [0, 0.05) is 12.0 Å². The van der Waals surface area contributed by atoms with E-state index in [2.05, 4.69) is 0 Å². The van der Waals surface area contributed by atoms with Gasteiger partial charge in [-0.25, -0.2) is 4.39 Å². The SMILES string of the molecule is CC1(C)C=CC(C(=O)c2ccccc2)=C(F)C1. The highest BCUT2D eigenvalue weighted by molar-refractivity contribution is 6.11. The van der Waals surface area contributed by atoms with Crippen molar-refractivity contribution in [1.82, 2.24) is 0 Å².